The van der Waals surface area contributed by atoms with E-state index in [0.29, 0.717) is 0 Å². The minimum atomic E-state index is -0.0304. The van der Waals surface area contributed by atoms with E-state index in [1.807, 2.05) is 23.5 Å². The van der Waals surface area contributed by atoms with Gasteiger partial charge in [-0.15, -0.1) is 0 Å². The number of nitrogens with zero attached hydrogens (tertiary/aromatic N) is 5. The van der Waals surface area contributed by atoms with Crippen molar-refractivity contribution in [2.24, 2.45) is 0 Å². The molecule has 12 aromatic rings. The Bertz CT molecular complexity index is 4180. The third kappa shape index (κ3) is 6.69. The van der Waals surface area contributed by atoms with Gasteiger partial charge in [0.25, 0.3) is 0 Å². The number of hydrogen-bond acceptors (Lipinski definition) is 6. The molecule has 0 saturated carbocycles. The van der Waals surface area contributed by atoms with Gasteiger partial charge in [-0.25, -0.2) is 4.98 Å². The Labute approximate surface area is 450 Å². The van der Waals surface area contributed by atoms with E-state index in [2.05, 4.69) is 280 Å². The molecule has 354 valence electrons. The van der Waals surface area contributed by atoms with Crippen LogP contribution in [-0.4, -0.2) is 23.0 Å². The summed E-state index contributed by atoms with van der Waals surface area (Å²) in [6, 6.07) is 95.6. The van der Waals surface area contributed by atoms with E-state index >= 15 is 0 Å². The lowest BCUT2D eigenvalue weighted by molar-refractivity contribution is 1.09. The van der Waals surface area contributed by atoms with Gasteiger partial charge in [-0.05, 0) is 125 Å². The quantitative estimate of drug-likeness (QED) is 0.141. The maximum Gasteiger partial charge on any atom is 0.249 e. The first kappa shape index (κ1) is 43.5. The Hall–Kier alpha value is -8.88. The number of fused-ring (bicyclic) bond motifs is 8. The summed E-state index contributed by atoms with van der Waals surface area (Å²) >= 11 is 3.84. The number of aromatic nitrogens is 2. The molecule has 0 fully saturated rings. The molecule has 9 heteroatoms. The maximum absolute atomic E-state index is 5.50. The molecule has 5 heterocycles. The molecule has 0 saturated heterocycles. The van der Waals surface area contributed by atoms with Crippen LogP contribution in [0.15, 0.2) is 280 Å². The highest BCUT2D eigenvalue weighted by Gasteiger charge is 2.45. The predicted octanol–water partition coefficient (Wildman–Crippen LogP) is 13.7. The minimum Gasteiger partial charge on any atom is -0.311 e. The first-order valence-electron chi connectivity index (χ1n) is 25.9. The molecule has 0 N–H and O–H groups in total. The Balaban J connectivity index is 0.946. The first-order chi connectivity index (χ1) is 37.7. The summed E-state index contributed by atoms with van der Waals surface area (Å²) in [4.78, 5) is 17.9. The Morgan fingerprint density at radius 2 is 0.803 bits per heavy atom. The van der Waals surface area contributed by atoms with Crippen molar-refractivity contribution in [1.29, 1.82) is 0 Å². The van der Waals surface area contributed by atoms with Crippen LogP contribution in [0.2, 0.25) is 0 Å². The zero-order chi connectivity index (χ0) is 49.8. The highest BCUT2D eigenvalue weighted by atomic mass is 32.2. The van der Waals surface area contributed by atoms with E-state index < -0.39 is 0 Å². The van der Waals surface area contributed by atoms with E-state index in [1.165, 1.54) is 74.9 Å². The van der Waals surface area contributed by atoms with Gasteiger partial charge in [0.1, 0.15) is 5.82 Å². The van der Waals surface area contributed by atoms with Gasteiger partial charge in [-0.3, -0.25) is 4.57 Å². The Morgan fingerprint density at radius 3 is 1.37 bits per heavy atom. The number of hydrogen-bond donors (Lipinski definition) is 0. The standard InChI is InChI=1S/C67H43B2N5S2/c1-7-22-44(23-8-1)67-70-56-36-21-35-53-66(56)74(67)59-39-51(72(47-28-13-4-14-29-47)48-30-15-5-16-31-48)41-63-65(59)69(53)55-42-54-60(43-61(55)76-63)75-62-40-50(71(45-24-9-2-10-25-45)46-26-11-3-12-27-46)38-58-64(62)68(54)52-34-19-20-37-57(52)73(58)49-32-17-6-18-33-49/h1-43H. The van der Waals surface area contributed by atoms with E-state index in [-0.39, 0.29) is 13.4 Å². The van der Waals surface area contributed by atoms with Crippen LogP contribution in [-0.2, 0) is 0 Å². The topological polar surface area (TPSA) is 27.5 Å². The van der Waals surface area contributed by atoms with Crippen molar-refractivity contribution in [3.63, 3.8) is 0 Å². The zero-order valence-electron chi connectivity index (χ0n) is 41.0. The lowest BCUT2D eigenvalue weighted by Crippen LogP contribution is -2.63. The van der Waals surface area contributed by atoms with Crippen LogP contribution in [0.1, 0.15) is 0 Å². The minimum absolute atomic E-state index is 0.00759. The summed E-state index contributed by atoms with van der Waals surface area (Å²) in [7, 11) is 0. The highest BCUT2D eigenvalue weighted by molar-refractivity contribution is 8.01. The second-order valence-corrected chi connectivity index (χ2v) is 22.0. The van der Waals surface area contributed by atoms with Crippen LogP contribution >= 0.6 is 23.5 Å². The molecule has 0 unspecified atom stereocenters. The molecule has 0 bridgehead atoms. The fourth-order valence-electron chi connectivity index (χ4n) is 12.5. The highest BCUT2D eigenvalue weighted by Crippen LogP contribution is 2.48. The summed E-state index contributed by atoms with van der Waals surface area (Å²) in [5, 5.41) is 0. The van der Waals surface area contributed by atoms with Gasteiger partial charge < -0.3 is 14.7 Å². The molecule has 76 heavy (non-hydrogen) atoms. The first-order valence-corrected chi connectivity index (χ1v) is 27.6. The molecule has 11 aromatic carbocycles. The molecule has 0 atom stereocenters. The van der Waals surface area contributed by atoms with E-state index in [4.69, 9.17) is 4.98 Å². The van der Waals surface area contributed by atoms with Crippen LogP contribution in [0.4, 0.5) is 51.2 Å². The Kier molecular flexibility index (Phi) is 9.93. The molecular weight excluding hydrogens is 961 g/mol. The summed E-state index contributed by atoms with van der Waals surface area (Å²) in [6.45, 7) is -0.0379. The molecule has 0 radical (unpaired) electrons. The van der Waals surface area contributed by atoms with Crippen molar-refractivity contribution in [3.8, 4) is 17.1 Å². The number of imidazole rings is 1. The van der Waals surface area contributed by atoms with Crippen LogP contribution in [0.25, 0.3) is 28.1 Å². The van der Waals surface area contributed by atoms with Crippen LogP contribution in [0, 0.1) is 0 Å². The van der Waals surface area contributed by atoms with Gasteiger partial charge in [-0.2, -0.15) is 0 Å². The molecule has 1 aromatic heterocycles. The summed E-state index contributed by atoms with van der Waals surface area (Å²) < 4.78 is 2.47. The third-order valence-electron chi connectivity index (χ3n) is 15.6. The molecule has 0 spiro atoms. The van der Waals surface area contributed by atoms with Gasteiger partial charge in [-0.1, -0.05) is 192 Å². The lowest BCUT2D eigenvalue weighted by atomic mass is 9.32. The SMILES string of the molecule is c1ccc(-c2nc3cccc4c3n2-c2cc(N(c3ccccc3)c3ccccc3)cc3c2B4c2cc4c(cc2S3)Sc2cc(N(c3ccccc3)c3ccccc3)cc3c2B4c2ccccc2N3c2ccccc2)cc1. The predicted molar refractivity (Wildman–Crippen MR) is 321 cm³/mol. The summed E-state index contributed by atoms with van der Waals surface area (Å²) in [6.07, 6.45) is 0. The van der Waals surface area contributed by atoms with Crippen molar-refractivity contribution >= 4 is 132 Å². The van der Waals surface area contributed by atoms with Crippen LogP contribution < -0.4 is 47.5 Å². The number of benzene rings is 11. The van der Waals surface area contributed by atoms with Crippen molar-refractivity contribution in [3.05, 3.63) is 261 Å². The summed E-state index contributed by atoms with van der Waals surface area (Å²) in [5.74, 6) is 0.952. The summed E-state index contributed by atoms with van der Waals surface area (Å²) in [5.41, 5.74) is 22.6. The van der Waals surface area contributed by atoms with Gasteiger partial charge in [0.05, 0.1) is 11.0 Å². The molecule has 0 amide bonds. The molecular formula is C67H43B2N5S2. The van der Waals surface area contributed by atoms with Crippen LogP contribution in [0.3, 0.4) is 0 Å². The maximum atomic E-state index is 5.50. The van der Waals surface area contributed by atoms with Crippen molar-refractivity contribution in [1.82, 2.24) is 9.55 Å². The molecule has 5 nitrogen and oxygen atoms in total. The van der Waals surface area contributed by atoms with Crippen molar-refractivity contribution in [2.45, 2.75) is 19.6 Å². The monoisotopic (exact) mass is 1000 g/mol. The normalized spacial score (nSPS) is 13.1. The number of anilines is 9. The average molecular weight is 1000 g/mol. The van der Waals surface area contributed by atoms with Crippen molar-refractivity contribution in [2.75, 3.05) is 14.7 Å². The fraction of sp³-hybridized carbons (Fsp3) is 0. The third-order valence-corrected chi connectivity index (χ3v) is 17.9. The van der Waals surface area contributed by atoms with Crippen LogP contribution in [0.5, 0.6) is 0 Å². The number of para-hydroxylation sites is 7. The van der Waals surface area contributed by atoms with E-state index in [0.717, 1.165) is 56.7 Å². The van der Waals surface area contributed by atoms with Gasteiger partial charge in [0.2, 0.25) is 13.4 Å². The van der Waals surface area contributed by atoms with Gasteiger partial charge >= 0.3 is 0 Å². The van der Waals surface area contributed by atoms with Gasteiger partial charge in [0.15, 0.2) is 0 Å². The van der Waals surface area contributed by atoms with Crippen molar-refractivity contribution < 1.29 is 0 Å². The average Bonchev–Trinajstić information content (AvgIpc) is 4.05. The molecule has 0 aliphatic carbocycles. The molecule has 4 aliphatic heterocycles. The Morgan fingerprint density at radius 1 is 0.342 bits per heavy atom. The second-order valence-electron chi connectivity index (χ2n) is 19.8. The van der Waals surface area contributed by atoms with E-state index in [9.17, 15) is 0 Å². The molecule has 4 aliphatic rings. The largest absolute Gasteiger partial charge is 0.311 e. The second kappa shape index (κ2) is 17.4. The van der Waals surface area contributed by atoms with Gasteiger partial charge in [0, 0.05) is 82.0 Å². The number of rotatable bonds is 8. The zero-order valence-corrected chi connectivity index (χ0v) is 42.7. The fourth-order valence-corrected chi connectivity index (χ4v) is 15.0. The van der Waals surface area contributed by atoms with E-state index in [1.54, 1.807) is 0 Å². The smallest absolute Gasteiger partial charge is 0.249 e. The molecule has 16 rings (SSSR count). The lowest BCUT2D eigenvalue weighted by Gasteiger charge is -2.42.